The van der Waals surface area contributed by atoms with E-state index in [0.717, 1.165) is 46.4 Å². The van der Waals surface area contributed by atoms with Crippen LogP contribution in [0.15, 0.2) is 78.5 Å². The Balaban J connectivity index is 2.39. The van der Waals surface area contributed by atoms with Crippen LogP contribution >= 0.6 is 0 Å². The van der Waals surface area contributed by atoms with Crippen LogP contribution < -0.4 is 0 Å². The molecular weight excluding hydrogens is 476 g/mol. The molecule has 4 heteroatoms. The van der Waals surface area contributed by atoms with Gasteiger partial charge in [0.25, 0.3) is 0 Å². The third-order valence-electron chi connectivity index (χ3n) is 8.69. The monoisotopic (exact) mass is 520 g/mol. The first-order chi connectivity index (χ1) is 18.4. The fourth-order valence-electron chi connectivity index (χ4n) is 5.98. The quantitative estimate of drug-likeness (QED) is 0.197. The van der Waals surface area contributed by atoms with Crippen LogP contribution in [0.5, 0.6) is 0 Å². The van der Waals surface area contributed by atoms with Gasteiger partial charge in [0.2, 0.25) is 0 Å². The zero-order valence-electron chi connectivity index (χ0n) is 24.9. The second kappa shape index (κ2) is 11.6. The fourth-order valence-corrected chi connectivity index (χ4v) is 5.98. The molecule has 2 aromatic carbocycles. The first-order valence-electron chi connectivity index (χ1n) is 14.0. The minimum Gasteiger partial charge on any atom is -0.284 e. The van der Waals surface area contributed by atoms with Crippen molar-refractivity contribution in [2.45, 2.75) is 73.6 Å². The Bertz CT molecular complexity index is 1380. The summed E-state index contributed by atoms with van der Waals surface area (Å²) in [5.74, 6) is 0.685. The van der Waals surface area contributed by atoms with Gasteiger partial charge in [-0.05, 0) is 59.8 Å². The van der Waals surface area contributed by atoms with Gasteiger partial charge in [-0.3, -0.25) is 15.7 Å². The third kappa shape index (κ3) is 5.41. The van der Waals surface area contributed by atoms with Crippen LogP contribution in [0, 0.1) is 46.3 Å². The van der Waals surface area contributed by atoms with E-state index >= 15 is 0 Å². The van der Waals surface area contributed by atoms with E-state index in [4.69, 9.17) is 0 Å². The molecular formula is C35H44N4. The Morgan fingerprint density at radius 1 is 1.03 bits per heavy atom. The Morgan fingerprint density at radius 3 is 2.15 bits per heavy atom. The number of nitriles is 1. The molecule has 1 aliphatic rings. The summed E-state index contributed by atoms with van der Waals surface area (Å²) in [6.07, 6.45) is 7.71. The highest BCUT2D eigenvalue weighted by atomic mass is 15.2. The molecule has 39 heavy (non-hydrogen) atoms. The highest BCUT2D eigenvalue weighted by Gasteiger charge is 2.62. The van der Waals surface area contributed by atoms with Gasteiger partial charge in [-0.15, -0.1) is 0 Å². The van der Waals surface area contributed by atoms with Gasteiger partial charge in [-0.2, -0.15) is 5.26 Å². The van der Waals surface area contributed by atoms with Gasteiger partial charge in [0, 0.05) is 22.2 Å². The number of rotatable bonds is 9. The normalized spacial score (nSPS) is 21.1. The average molecular weight is 521 g/mol. The summed E-state index contributed by atoms with van der Waals surface area (Å²) in [5.41, 5.74) is 5.86. The largest absolute Gasteiger partial charge is 0.284 e. The summed E-state index contributed by atoms with van der Waals surface area (Å²) >= 11 is 0. The van der Waals surface area contributed by atoms with Crippen molar-refractivity contribution in [3.05, 3.63) is 106 Å². The van der Waals surface area contributed by atoms with E-state index in [1.54, 1.807) is 6.08 Å². The summed E-state index contributed by atoms with van der Waals surface area (Å²) in [4.78, 5) is 1.82. The summed E-state index contributed by atoms with van der Waals surface area (Å²) in [6.45, 7) is 21.1. The molecule has 3 rings (SSSR count). The third-order valence-corrected chi connectivity index (χ3v) is 8.69. The predicted molar refractivity (Wildman–Crippen MR) is 164 cm³/mol. The lowest BCUT2D eigenvalue weighted by molar-refractivity contribution is 0.460. The number of benzene rings is 2. The topological polar surface area (TPSA) is 74.7 Å². The van der Waals surface area contributed by atoms with Crippen molar-refractivity contribution in [3.63, 3.8) is 0 Å². The maximum Gasteiger partial charge on any atom is 0.138 e. The molecule has 0 radical (unpaired) electrons. The van der Waals surface area contributed by atoms with Crippen LogP contribution in [0.4, 0.5) is 0 Å². The molecule has 2 N–H and O–H groups in total. The predicted octanol–water partition coefficient (Wildman–Crippen LogP) is 8.91. The minimum atomic E-state index is -0.211. The Labute approximate surface area is 235 Å². The van der Waals surface area contributed by atoms with Crippen LogP contribution in [-0.2, 0) is 5.41 Å². The van der Waals surface area contributed by atoms with E-state index in [1.165, 1.54) is 0 Å². The van der Waals surface area contributed by atoms with Crippen LogP contribution in [0.25, 0.3) is 0 Å². The second-order valence-corrected chi connectivity index (χ2v) is 11.9. The number of hydrogen-bond acceptors (Lipinski definition) is 3. The lowest BCUT2D eigenvalue weighted by atomic mass is 9.81. The zero-order chi connectivity index (χ0) is 29.1. The number of hydrogen-bond donors (Lipinski definition) is 2. The molecule has 0 saturated heterocycles. The molecule has 0 heterocycles. The van der Waals surface area contributed by atoms with Gasteiger partial charge in [-0.1, -0.05) is 110 Å². The molecule has 204 valence electrons. The first kappa shape index (κ1) is 29.8. The SMILES string of the molecule is C=C/C=C\C(=C(C(C)C)N(C(=N)c1ccccc1C)C(=N)c1cccc(C#N)c1C1(C)C[C@@]1(C)CC)C(C)C. The lowest BCUT2D eigenvalue weighted by Gasteiger charge is -2.35. The Hall–Kier alpha value is -3.71. The molecule has 0 bridgehead atoms. The molecule has 4 nitrogen and oxygen atoms in total. The highest BCUT2D eigenvalue weighted by molar-refractivity contribution is 6.15. The minimum absolute atomic E-state index is 0.0293. The molecule has 0 aromatic heterocycles. The van der Waals surface area contributed by atoms with E-state index in [1.807, 2.05) is 60.4 Å². The van der Waals surface area contributed by atoms with Crippen LogP contribution in [0.1, 0.15) is 89.1 Å². The van der Waals surface area contributed by atoms with Crippen molar-refractivity contribution in [1.82, 2.24) is 4.90 Å². The summed E-state index contributed by atoms with van der Waals surface area (Å²) in [7, 11) is 0. The fraction of sp³-hybridized carbons (Fsp3) is 0.400. The molecule has 1 aliphatic carbocycles. The Morgan fingerprint density at radius 2 is 1.64 bits per heavy atom. The molecule has 1 unspecified atom stereocenters. The Kier molecular flexibility index (Phi) is 8.86. The van der Waals surface area contributed by atoms with Crippen molar-refractivity contribution in [3.8, 4) is 6.07 Å². The number of amidine groups is 2. The van der Waals surface area contributed by atoms with Crippen molar-refractivity contribution < 1.29 is 0 Å². The molecule has 0 aliphatic heterocycles. The van der Waals surface area contributed by atoms with Gasteiger partial charge in [0.05, 0.1) is 11.6 Å². The number of nitrogens with zero attached hydrogens (tertiary/aromatic N) is 2. The summed E-state index contributed by atoms with van der Waals surface area (Å²) in [5, 5.41) is 29.5. The molecule has 1 saturated carbocycles. The van der Waals surface area contributed by atoms with Crippen molar-refractivity contribution in [1.29, 1.82) is 16.1 Å². The summed E-state index contributed by atoms with van der Waals surface area (Å²) in [6, 6.07) is 16.0. The highest BCUT2D eigenvalue weighted by Crippen LogP contribution is 2.67. The van der Waals surface area contributed by atoms with Gasteiger partial charge in [-0.25, -0.2) is 0 Å². The van der Waals surface area contributed by atoms with Gasteiger partial charge in [0.1, 0.15) is 11.7 Å². The number of nitrogens with one attached hydrogen (secondary N) is 2. The molecule has 0 spiro atoms. The number of aryl methyl sites for hydroxylation is 1. The van der Waals surface area contributed by atoms with Crippen LogP contribution in [0.3, 0.4) is 0 Å². The van der Waals surface area contributed by atoms with Gasteiger partial charge < -0.3 is 0 Å². The summed E-state index contributed by atoms with van der Waals surface area (Å²) < 4.78 is 0. The first-order valence-corrected chi connectivity index (χ1v) is 14.0. The van der Waals surface area contributed by atoms with Crippen LogP contribution in [0.2, 0.25) is 0 Å². The molecule has 2 atom stereocenters. The molecule has 1 fully saturated rings. The van der Waals surface area contributed by atoms with E-state index in [9.17, 15) is 16.1 Å². The van der Waals surface area contributed by atoms with Gasteiger partial charge in [0.15, 0.2) is 0 Å². The molecule has 0 amide bonds. The number of allylic oxidation sites excluding steroid dienone is 5. The maximum absolute atomic E-state index is 10.2. The molecule has 2 aromatic rings. The van der Waals surface area contributed by atoms with E-state index < -0.39 is 0 Å². The van der Waals surface area contributed by atoms with Crippen molar-refractivity contribution in [2.24, 2.45) is 17.3 Å². The standard InChI is InChI=1S/C35H44N4/c1-10-12-18-27(23(3)4)31(24(5)6)39(32(37)28-19-14-13-16-25(28)7)33(38)29-20-15-17-26(21-36)30(29)35(9)22-34(35,8)11-2/h10,12-20,23-24,37-38H,1,11,22H2,2-9H3/b18-12-,31-27?,37-32?,38-33?/t34-,35?/m1/s1. The van der Waals surface area contributed by atoms with E-state index in [-0.39, 0.29) is 34.3 Å². The van der Waals surface area contributed by atoms with E-state index in [0.29, 0.717) is 5.56 Å². The zero-order valence-corrected chi connectivity index (χ0v) is 24.9. The second-order valence-electron chi connectivity index (χ2n) is 11.9. The smallest absolute Gasteiger partial charge is 0.138 e. The van der Waals surface area contributed by atoms with Crippen molar-refractivity contribution in [2.75, 3.05) is 0 Å². The van der Waals surface area contributed by atoms with Crippen LogP contribution in [-0.4, -0.2) is 16.6 Å². The van der Waals surface area contributed by atoms with Gasteiger partial charge >= 0.3 is 0 Å². The maximum atomic E-state index is 10.2. The average Bonchev–Trinajstić information content (AvgIpc) is 3.48. The lowest BCUT2D eigenvalue weighted by Crippen LogP contribution is -2.40. The van der Waals surface area contributed by atoms with E-state index in [2.05, 4.69) is 67.2 Å². The van der Waals surface area contributed by atoms with Crippen molar-refractivity contribution >= 4 is 11.7 Å².